The second-order valence-electron chi connectivity index (χ2n) is 18.7. The molecule has 5 atom stereocenters. The Morgan fingerprint density at radius 2 is 1.38 bits per heavy atom. The molecule has 1 spiro atoms. The Morgan fingerprint density at radius 1 is 0.797 bits per heavy atom. The van der Waals surface area contributed by atoms with Gasteiger partial charge in [0.15, 0.2) is 0 Å². The first-order valence-corrected chi connectivity index (χ1v) is 23.7. The van der Waals surface area contributed by atoms with Crippen molar-refractivity contribution in [3.05, 3.63) is 96.4 Å². The number of rotatable bonds is 13. The van der Waals surface area contributed by atoms with Crippen molar-refractivity contribution in [2.45, 2.75) is 90.2 Å². The van der Waals surface area contributed by atoms with Crippen molar-refractivity contribution in [2.75, 3.05) is 26.0 Å². The van der Waals surface area contributed by atoms with Crippen LogP contribution in [0.2, 0.25) is 0 Å². The van der Waals surface area contributed by atoms with Gasteiger partial charge >= 0.3 is 6.09 Å². The molecule has 14 heteroatoms. The SMILES string of the molecule is CCC1=CC(C(=O)N[C@H](C(=O)N2CC3(CC3)C[C@H]2c2ncc(-c3ccc4cc(-c5ccc(-c6cnc([C@@H]7SCCN7C(=O)[C@@H](NC(=O)OC)C(C)C)[nH]6)cc5)ccc4c3)[nH]2)C(C)C)C1. The van der Waals surface area contributed by atoms with E-state index in [9.17, 15) is 19.2 Å². The number of imidazole rings is 2. The van der Waals surface area contributed by atoms with Gasteiger partial charge in [0.1, 0.15) is 29.1 Å². The second-order valence-corrected chi connectivity index (χ2v) is 19.9. The molecule has 1 unspecified atom stereocenters. The van der Waals surface area contributed by atoms with Crippen LogP contribution in [0.15, 0.2) is 84.7 Å². The first-order valence-electron chi connectivity index (χ1n) is 22.7. The summed E-state index contributed by atoms with van der Waals surface area (Å²) in [6.45, 7) is 11.2. The highest BCUT2D eigenvalue weighted by atomic mass is 32.2. The van der Waals surface area contributed by atoms with Crippen LogP contribution in [0.4, 0.5) is 4.79 Å². The molecule has 2 aromatic heterocycles. The summed E-state index contributed by atoms with van der Waals surface area (Å²) in [5.41, 5.74) is 7.39. The van der Waals surface area contributed by atoms with E-state index in [4.69, 9.17) is 9.72 Å². The molecule has 2 aliphatic heterocycles. The number of amides is 4. The largest absolute Gasteiger partial charge is 0.453 e. The zero-order valence-electron chi connectivity index (χ0n) is 37.4. The Hall–Kier alpha value is -5.89. The molecule has 2 aliphatic carbocycles. The van der Waals surface area contributed by atoms with E-state index in [0.29, 0.717) is 18.9 Å². The number of ether oxygens (including phenoxy) is 1. The molecule has 334 valence electrons. The standard InChI is InChI=1S/C50H58N8O5S/c1-7-30-20-37(21-30)45(59)55-41(28(2)3)47(61)58-27-50(16-17-50)24-40(58)43-51-26-39(53-43)36-15-14-34-22-33(12-13-35(34)23-36)31-8-10-32(11-9-31)38-25-52-44(54-38)48-57(18-19-64-48)46(60)42(29(4)5)56-49(62)63-6/h8-15,20,22-23,25-26,28-29,37,40-42,48H,7,16-19,21,24,27H2,1-6H3,(H,51,53)(H,52,54)(H,55,59)(H,56,62)/t37?,40-,41-,42-,48-/m0/s1. The number of likely N-dealkylation sites (tertiary alicyclic amines) is 1. The minimum absolute atomic E-state index is 0.0197. The lowest BCUT2D eigenvalue weighted by molar-refractivity contribution is -0.139. The number of carbonyl (C=O) groups excluding carboxylic acids is 4. The normalized spacial score (nSPS) is 20.9. The van der Waals surface area contributed by atoms with Gasteiger partial charge < -0.3 is 35.1 Å². The predicted molar refractivity (Wildman–Crippen MR) is 250 cm³/mol. The number of fused-ring (bicyclic) bond motifs is 1. The second kappa shape index (κ2) is 17.6. The van der Waals surface area contributed by atoms with E-state index in [-0.39, 0.29) is 52.3 Å². The Bertz CT molecular complexity index is 2610. The molecule has 4 N–H and O–H groups in total. The summed E-state index contributed by atoms with van der Waals surface area (Å²) in [6.07, 6.45) is 9.92. The molecule has 4 heterocycles. The summed E-state index contributed by atoms with van der Waals surface area (Å²) in [5, 5.41) is 7.76. The smallest absolute Gasteiger partial charge is 0.407 e. The van der Waals surface area contributed by atoms with Crippen LogP contribution in [-0.2, 0) is 19.1 Å². The monoisotopic (exact) mass is 882 g/mol. The molecule has 9 rings (SSSR count). The van der Waals surface area contributed by atoms with Crippen LogP contribution < -0.4 is 10.6 Å². The van der Waals surface area contributed by atoms with E-state index in [0.717, 1.165) is 88.1 Å². The Labute approximate surface area is 378 Å². The first-order chi connectivity index (χ1) is 30.8. The number of thioether (sulfide) groups is 1. The number of nitrogens with zero attached hydrogens (tertiary/aromatic N) is 4. The van der Waals surface area contributed by atoms with Gasteiger partial charge in [-0.3, -0.25) is 14.4 Å². The van der Waals surface area contributed by atoms with E-state index in [1.807, 2.05) is 51.1 Å². The number of hydrogen-bond acceptors (Lipinski definition) is 8. The van der Waals surface area contributed by atoms with Crippen LogP contribution >= 0.6 is 11.8 Å². The van der Waals surface area contributed by atoms with Gasteiger partial charge in [0.05, 0.1) is 42.9 Å². The fourth-order valence-corrected chi connectivity index (χ4v) is 10.7. The van der Waals surface area contributed by atoms with E-state index in [2.05, 4.69) is 93.2 Å². The fraction of sp³-hybridized carbons (Fsp3) is 0.440. The number of aromatic amines is 2. The van der Waals surface area contributed by atoms with Crippen molar-refractivity contribution in [3.8, 4) is 33.6 Å². The van der Waals surface area contributed by atoms with Gasteiger partial charge in [0, 0.05) is 24.4 Å². The summed E-state index contributed by atoms with van der Waals surface area (Å²) in [7, 11) is 1.29. The molecule has 3 fully saturated rings. The summed E-state index contributed by atoms with van der Waals surface area (Å²) in [6, 6.07) is 19.8. The van der Waals surface area contributed by atoms with Crippen LogP contribution in [0.5, 0.6) is 0 Å². The molecule has 13 nitrogen and oxygen atoms in total. The van der Waals surface area contributed by atoms with Crippen LogP contribution in [0.3, 0.4) is 0 Å². The lowest BCUT2D eigenvalue weighted by Gasteiger charge is -2.32. The topological polar surface area (TPSA) is 165 Å². The quantitative estimate of drug-likeness (QED) is 0.0853. The highest BCUT2D eigenvalue weighted by molar-refractivity contribution is 7.99. The zero-order chi connectivity index (χ0) is 44.9. The first kappa shape index (κ1) is 43.4. The third-order valence-corrected chi connectivity index (χ3v) is 14.9. The van der Waals surface area contributed by atoms with E-state index < -0.39 is 18.2 Å². The molecule has 0 bridgehead atoms. The number of H-pyrrole nitrogens is 2. The van der Waals surface area contributed by atoms with Crippen LogP contribution in [0.1, 0.15) is 89.8 Å². The number of methoxy groups -OCH3 is 1. The molecule has 3 aromatic carbocycles. The van der Waals surface area contributed by atoms with Gasteiger partial charge in [-0.25, -0.2) is 14.8 Å². The van der Waals surface area contributed by atoms with Crippen molar-refractivity contribution < 1.29 is 23.9 Å². The van der Waals surface area contributed by atoms with Gasteiger partial charge in [0.2, 0.25) is 17.7 Å². The molecular formula is C50H58N8O5S. The highest BCUT2D eigenvalue weighted by Crippen LogP contribution is 2.58. The van der Waals surface area contributed by atoms with E-state index in [1.165, 1.54) is 12.7 Å². The van der Waals surface area contributed by atoms with Gasteiger partial charge in [-0.15, -0.1) is 11.8 Å². The van der Waals surface area contributed by atoms with Crippen LogP contribution in [0, 0.1) is 23.2 Å². The number of aromatic nitrogens is 4. The van der Waals surface area contributed by atoms with Gasteiger partial charge in [-0.1, -0.05) is 94.8 Å². The molecular weight excluding hydrogens is 825 g/mol. The van der Waals surface area contributed by atoms with Crippen molar-refractivity contribution in [1.29, 1.82) is 0 Å². The average Bonchev–Trinajstić information content (AvgIpc) is 3.81. The third-order valence-electron chi connectivity index (χ3n) is 13.7. The molecule has 4 amide bonds. The summed E-state index contributed by atoms with van der Waals surface area (Å²) >= 11 is 1.65. The van der Waals surface area contributed by atoms with E-state index >= 15 is 0 Å². The lowest BCUT2D eigenvalue weighted by atomic mass is 9.84. The number of allylic oxidation sites excluding steroid dienone is 1. The Kier molecular flexibility index (Phi) is 11.9. The minimum atomic E-state index is -0.699. The lowest BCUT2D eigenvalue weighted by Crippen LogP contribution is -2.53. The van der Waals surface area contributed by atoms with Gasteiger partial charge in [0.25, 0.3) is 0 Å². The molecule has 4 aliphatic rings. The Balaban J connectivity index is 0.870. The van der Waals surface area contributed by atoms with Gasteiger partial charge in [-0.2, -0.15) is 0 Å². The number of hydrogen-bond donors (Lipinski definition) is 4. The molecule has 64 heavy (non-hydrogen) atoms. The summed E-state index contributed by atoms with van der Waals surface area (Å²) < 4.78 is 4.77. The fourth-order valence-electron chi connectivity index (χ4n) is 9.48. The maximum atomic E-state index is 14.3. The van der Waals surface area contributed by atoms with Crippen molar-refractivity contribution in [3.63, 3.8) is 0 Å². The molecule has 2 saturated heterocycles. The van der Waals surface area contributed by atoms with Crippen LogP contribution in [-0.4, -0.2) is 91.6 Å². The Morgan fingerprint density at radius 3 is 2.03 bits per heavy atom. The van der Waals surface area contributed by atoms with Gasteiger partial charge in [-0.05, 0) is 89.0 Å². The maximum Gasteiger partial charge on any atom is 0.407 e. The average molecular weight is 883 g/mol. The number of benzene rings is 3. The molecule has 0 radical (unpaired) electrons. The maximum absolute atomic E-state index is 14.3. The number of nitrogens with one attached hydrogen (secondary N) is 4. The van der Waals surface area contributed by atoms with Crippen molar-refractivity contribution >= 4 is 46.3 Å². The number of alkyl carbamates (subject to hydrolysis) is 1. The van der Waals surface area contributed by atoms with Crippen LogP contribution in [0.25, 0.3) is 44.4 Å². The summed E-state index contributed by atoms with van der Waals surface area (Å²) in [4.78, 5) is 73.4. The molecule has 5 aromatic rings. The van der Waals surface area contributed by atoms with E-state index in [1.54, 1.807) is 16.7 Å². The van der Waals surface area contributed by atoms with Crippen molar-refractivity contribution in [2.24, 2.45) is 23.2 Å². The highest BCUT2D eigenvalue weighted by Gasteiger charge is 2.55. The minimum Gasteiger partial charge on any atom is -0.453 e. The predicted octanol–water partition coefficient (Wildman–Crippen LogP) is 8.79. The summed E-state index contributed by atoms with van der Waals surface area (Å²) in [5.74, 6) is 1.73. The zero-order valence-corrected chi connectivity index (χ0v) is 38.3. The van der Waals surface area contributed by atoms with Crippen molar-refractivity contribution in [1.82, 2.24) is 40.4 Å². The molecule has 1 saturated carbocycles. The number of carbonyl (C=O) groups is 4. The third kappa shape index (κ3) is 8.56.